The van der Waals surface area contributed by atoms with Crippen molar-refractivity contribution in [3.63, 3.8) is 0 Å². The molecule has 82 valence electrons. The van der Waals surface area contributed by atoms with Crippen LogP contribution in [0.4, 0.5) is 11.4 Å². The Bertz CT molecular complexity index is 337. The zero-order valence-corrected chi connectivity index (χ0v) is 10.1. The van der Waals surface area contributed by atoms with E-state index in [2.05, 4.69) is 5.32 Å². The van der Waals surface area contributed by atoms with E-state index in [4.69, 9.17) is 17.3 Å². The first kappa shape index (κ1) is 11.0. The van der Waals surface area contributed by atoms with Crippen LogP contribution in [0.3, 0.4) is 0 Å². The van der Waals surface area contributed by atoms with Crippen LogP contribution in [0.25, 0.3) is 0 Å². The average molecular weight is 243 g/mol. The van der Waals surface area contributed by atoms with E-state index in [0.717, 1.165) is 17.5 Å². The first-order chi connectivity index (χ1) is 7.25. The number of halogens is 1. The molecule has 1 aliphatic rings. The van der Waals surface area contributed by atoms with E-state index >= 15 is 0 Å². The van der Waals surface area contributed by atoms with Gasteiger partial charge < -0.3 is 11.1 Å². The zero-order chi connectivity index (χ0) is 10.7. The highest BCUT2D eigenvalue weighted by Gasteiger charge is 2.15. The molecule has 0 radical (unpaired) electrons. The van der Waals surface area contributed by atoms with Crippen LogP contribution in [0.2, 0.25) is 5.02 Å². The molecule has 1 heterocycles. The fourth-order valence-corrected chi connectivity index (χ4v) is 3.16. The molecule has 1 fully saturated rings. The lowest BCUT2D eigenvalue weighted by Crippen LogP contribution is -2.13. The third-order valence-electron chi connectivity index (χ3n) is 2.54. The van der Waals surface area contributed by atoms with E-state index in [1.54, 1.807) is 6.07 Å². The van der Waals surface area contributed by atoms with Crippen molar-refractivity contribution in [2.75, 3.05) is 23.3 Å². The molecule has 2 rings (SSSR count). The average Bonchev–Trinajstić information content (AvgIpc) is 2.69. The van der Waals surface area contributed by atoms with Crippen molar-refractivity contribution < 1.29 is 0 Å². The number of benzene rings is 1. The molecule has 0 spiro atoms. The Labute approximate surface area is 99.6 Å². The minimum Gasteiger partial charge on any atom is -0.399 e. The molecule has 0 saturated carbocycles. The van der Waals surface area contributed by atoms with Gasteiger partial charge in [-0.1, -0.05) is 11.6 Å². The Hall–Kier alpha value is -0.540. The van der Waals surface area contributed by atoms with Gasteiger partial charge in [0.15, 0.2) is 0 Å². The molecule has 1 aliphatic heterocycles. The predicted octanol–water partition coefficient (Wildman–Crippen LogP) is 3.23. The van der Waals surface area contributed by atoms with Gasteiger partial charge in [-0.25, -0.2) is 0 Å². The van der Waals surface area contributed by atoms with Crippen molar-refractivity contribution in [3.05, 3.63) is 23.2 Å². The first-order valence-corrected chi connectivity index (χ1v) is 6.59. The van der Waals surface area contributed by atoms with Gasteiger partial charge in [0, 0.05) is 17.5 Å². The summed E-state index contributed by atoms with van der Waals surface area (Å²) < 4.78 is 0. The molecule has 0 amide bonds. The maximum absolute atomic E-state index is 6.07. The van der Waals surface area contributed by atoms with Crippen LogP contribution >= 0.6 is 23.4 Å². The van der Waals surface area contributed by atoms with E-state index < -0.39 is 0 Å². The Balaban J connectivity index is 1.92. The van der Waals surface area contributed by atoms with Crippen molar-refractivity contribution in [1.29, 1.82) is 0 Å². The highest BCUT2D eigenvalue weighted by Crippen LogP contribution is 2.28. The number of thioether (sulfide) groups is 1. The summed E-state index contributed by atoms with van der Waals surface area (Å²) in [7, 11) is 0. The van der Waals surface area contributed by atoms with Crippen LogP contribution < -0.4 is 11.1 Å². The first-order valence-electron chi connectivity index (χ1n) is 5.16. The van der Waals surface area contributed by atoms with Crippen molar-refractivity contribution >= 4 is 34.7 Å². The highest BCUT2D eigenvalue weighted by molar-refractivity contribution is 8.00. The van der Waals surface area contributed by atoms with Crippen LogP contribution in [0.1, 0.15) is 12.8 Å². The molecular formula is C11H15ClN2S. The maximum Gasteiger partial charge on any atom is 0.0657 e. The predicted molar refractivity (Wildman–Crippen MR) is 69.8 cm³/mol. The summed E-state index contributed by atoms with van der Waals surface area (Å²) in [6.45, 7) is 0.994. The van der Waals surface area contributed by atoms with Crippen LogP contribution in [-0.4, -0.2) is 17.5 Å². The Morgan fingerprint density at radius 3 is 3.07 bits per heavy atom. The molecule has 2 nitrogen and oxygen atoms in total. The highest BCUT2D eigenvalue weighted by atomic mass is 35.5. The van der Waals surface area contributed by atoms with E-state index in [1.807, 2.05) is 23.9 Å². The monoisotopic (exact) mass is 242 g/mol. The second kappa shape index (κ2) is 4.99. The van der Waals surface area contributed by atoms with Crippen LogP contribution in [0.5, 0.6) is 0 Å². The van der Waals surface area contributed by atoms with E-state index in [9.17, 15) is 0 Å². The SMILES string of the molecule is Nc1ccc(NCC2CCCS2)c(Cl)c1. The van der Waals surface area contributed by atoms with E-state index in [1.165, 1.54) is 18.6 Å². The van der Waals surface area contributed by atoms with E-state index in [0.29, 0.717) is 10.7 Å². The summed E-state index contributed by atoms with van der Waals surface area (Å²) in [5.41, 5.74) is 7.32. The lowest BCUT2D eigenvalue weighted by Gasteiger charge is -2.12. The number of rotatable bonds is 3. The fourth-order valence-electron chi connectivity index (χ4n) is 1.70. The molecule has 4 heteroatoms. The molecule has 15 heavy (non-hydrogen) atoms. The van der Waals surface area contributed by atoms with Crippen molar-refractivity contribution in [2.24, 2.45) is 0 Å². The quantitative estimate of drug-likeness (QED) is 0.800. The summed E-state index contributed by atoms with van der Waals surface area (Å²) in [5, 5.41) is 4.82. The van der Waals surface area contributed by atoms with E-state index in [-0.39, 0.29) is 0 Å². The fraction of sp³-hybridized carbons (Fsp3) is 0.455. The van der Waals surface area contributed by atoms with Gasteiger partial charge in [-0.15, -0.1) is 0 Å². The molecule has 1 aromatic rings. The lowest BCUT2D eigenvalue weighted by atomic mass is 10.2. The summed E-state index contributed by atoms with van der Waals surface area (Å²) in [6.07, 6.45) is 2.65. The van der Waals surface area contributed by atoms with Gasteiger partial charge in [-0.2, -0.15) is 11.8 Å². The zero-order valence-electron chi connectivity index (χ0n) is 8.50. The van der Waals surface area contributed by atoms with Crippen molar-refractivity contribution in [1.82, 2.24) is 0 Å². The molecule has 1 aromatic carbocycles. The molecule has 0 aliphatic carbocycles. The number of hydrogen-bond donors (Lipinski definition) is 2. The number of nitrogens with one attached hydrogen (secondary N) is 1. The largest absolute Gasteiger partial charge is 0.399 e. The topological polar surface area (TPSA) is 38.0 Å². The minimum atomic E-state index is 0.706. The van der Waals surface area contributed by atoms with Crippen LogP contribution in [-0.2, 0) is 0 Å². The summed E-state index contributed by atoms with van der Waals surface area (Å²) in [6, 6.07) is 5.60. The summed E-state index contributed by atoms with van der Waals surface area (Å²) in [5.74, 6) is 1.29. The Kier molecular flexibility index (Phi) is 3.65. The second-order valence-corrected chi connectivity index (χ2v) is 5.57. The van der Waals surface area contributed by atoms with Crippen molar-refractivity contribution in [2.45, 2.75) is 18.1 Å². The van der Waals surface area contributed by atoms with Gasteiger partial charge in [0.1, 0.15) is 0 Å². The standard InChI is InChI=1S/C11H15ClN2S/c12-10-6-8(13)3-4-11(10)14-7-9-2-1-5-15-9/h3-4,6,9,14H,1-2,5,7,13H2. The third kappa shape index (κ3) is 2.95. The molecule has 1 atom stereocenters. The number of nitrogens with two attached hydrogens (primary N) is 1. The maximum atomic E-state index is 6.07. The Morgan fingerprint density at radius 1 is 1.53 bits per heavy atom. The van der Waals surface area contributed by atoms with Gasteiger partial charge >= 0.3 is 0 Å². The van der Waals surface area contributed by atoms with Gasteiger partial charge in [-0.3, -0.25) is 0 Å². The number of anilines is 2. The number of hydrogen-bond acceptors (Lipinski definition) is 3. The summed E-state index contributed by atoms with van der Waals surface area (Å²) >= 11 is 8.11. The van der Waals surface area contributed by atoms with Crippen molar-refractivity contribution in [3.8, 4) is 0 Å². The lowest BCUT2D eigenvalue weighted by molar-refractivity contribution is 0.805. The van der Waals surface area contributed by atoms with Crippen LogP contribution in [0.15, 0.2) is 18.2 Å². The van der Waals surface area contributed by atoms with Gasteiger partial charge in [-0.05, 0) is 36.8 Å². The molecular weight excluding hydrogens is 228 g/mol. The molecule has 1 saturated heterocycles. The normalized spacial score (nSPS) is 20.5. The van der Waals surface area contributed by atoms with Gasteiger partial charge in [0.05, 0.1) is 10.7 Å². The minimum absolute atomic E-state index is 0.706. The number of nitrogen functional groups attached to an aromatic ring is 1. The second-order valence-electron chi connectivity index (χ2n) is 3.76. The molecule has 0 aromatic heterocycles. The summed E-state index contributed by atoms with van der Waals surface area (Å²) in [4.78, 5) is 0. The Morgan fingerprint density at radius 2 is 2.40 bits per heavy atom. The third-order valence-corrected chi connectivity index (χ3v) is 4.25. The molecule has 1 unspecified atom stereocenters. The smallest absolute Gasteiger partial charge is 0.0657 e. The van der Waals surface area contributed by atoms with Gasteiger partial charge in [0.2, 0.25) is 0 Å². The molecule has 0 bridgehead atoms. The molecule has 3 N–H and O–H groups in total. The van der Waals surface area contributed by atoms with Gasteiger partial charge in [0.25, 0.3) is 0 Å². The van der Waals surface area contributed by atoms with Crippen LogP contribution in [0, 0.1) is 0 Å².